The van der Waals surface area contributed by atoms with Gasteiger partial charge in [-0.2, -0.15) is 0 Å². The van der Waals surface area contributed by atoms with E-state index >= 15 is 0 Å². The third kappa shape index (κ3) is 1.18. The molecule has 3 nitrogen and oxygen atoms in total. The van der Waals surface area contributed by atoms with E-state index in [9.17, 15) is 0 Å². The number of nitrogens with two attached hydrogens (primary N) is 2. The molecule has 4 N–H and O–H groups in total. The Kier molecular flexibility index (Phi) is 1.76. The minimum Gasteiger partial charge on any atom is -0.396 e. The second-order valence-electron chi connectivity index (χ2n) is 2.17. The third-order valence-electron chi connectivity index (χ3n) is 1.41. The summed E-state index contributed by atoms with van der Waals surface area (Å²) in [6, 6.07) is 1.85. The van der Waals surface area contributed by atoms with Gasteiger partial charge in [0.15, 0.2) is 0 Å². The molecule has 0 aliphatic heterocycles. The first-order chi connectivity index (χ1) is 4.74. The number of aryl methyl sites for hydroxylation is 1. The van der Waals surface area contributed by atoms with Crippen LogP contribution in [0.25, 0.3) is 0 Å². The average molecular weight is 137 g/mol. The first-order valence-corrected chi connectivity index (χ1v) is 3.24. The van der Waals surface area contributed by atoms with Gasteiger partial charge in [-0.15, -0.1) is 0 Å². The zero-order chi connectivity index (χ0) is 7.56. The predicted molar refractivity (Wildman–Crippen MR) is 42.4 cm³/mol. The summed E-state index contributed by atoms with van der Waals surface area (Å²) in [5, 5.41) is 0. The molecule has 0 aliphatic carbocycles. The van der Waals surface area contributed by atoms with Crippen LogP contribution in [0.3, 0.4) is 0 Å². The summed E-state index contributed by atoms with van der Waals surface area (Å²) < 4.78 is 0. The van der Waals surface area contributed by atoms with Crippen LogP contribution in [0.2, 0.25) is 0 Å². The normalized spacial score (nSPS) is 9.70. The molecule has 0 bridgehead atoms. The Bertz CT molecular complexity index is 232. The Hall–Kier alpha value is -1.25. The molecular formula is C7H11N3. The maximum absolute atomic E-state index is 5.51. The van der Waals surface area contributed by atoms with Crippen molar-refractivity contribution in [3.63, 3.8) is 0 Å². The van der Waals surface area contributed by atoms with E-state index in [-0.39, 0.29) is 0 Å². The zero-order valence-corrected chi connectivity index (χ0v) is 5.96. The van der Waals surface area contributed by atoms with Gasteiger partial charge in [0.2, 0.25) is 0 Å². The van der Waals surface area contributed by atoms with Crippen molar-refractivity contribution in [2.24, 2.45) is 0 Å². The van der Waals surface area contributed by atoms with E-state index in [1.165, 1.54) is 0 Å². The highest BCUT2D eigenvalue weighted by atomic mass is 14.9. The van der Waals surface area contributed by atoms with E-state index in [1.54, 1.807) is 6.20 Å². The highest BCUT2D eigenvalue weighted by Crippen LogP contribution is 2.12. The highest BCUT2D eigenvalue weighted by molar-refractivity contribution is 5.58. The maximum Gasteiger partial charge on any atom is 0.146 e. The van der Waals surface area contributed by atoms with Crippen molar-refractivity contribution in [2.45, 2.75) is 13.3 Å². The van der Waals surface area contributed by atoms with Crippen molar-refractivity contribution in [3.05, 3.63) is 17.8 Å². The zero-order valence-electron chi connectivity index (χ0n) is 5.96. The van der Waals surface area contributed by atoms with Crippen molar-refractivity contribution in [1.82, 2.24) is 4.98 Å². The molecule has 0 saturated heterocycles. The molecule has 1 aromatic heterocycles. The minimum atomic E-state index is 0.414. The smallest absolute Gasteiger partial charge is 0.146 e. The van der Waals surface area contributed by atoms with E-state index < -0.39 is 0 Å². The molecule has 0 amide bonds. The SMILES string of the molecule is CCc1cnc(N)c(N)c1. The number of aromatic nitrogens is 1. The molecule has 1 rings (SSSR count). The summed E-state index contributed by atoms with van der Waals surface area (Å²) in [6.07, 6.45) is 2.68. The largest absolute Gasteiger partial charge is 0.396 e. The number of nitrogens with zero attached hydrogens (tertiary/aromatic N) is 1. The molecule has 0 spiro atoms. The van der Waals surface area contributed by atoms with Gasteiger partial charge in [0.25, 0.3) is 0 Å². The lowest BCUT2D eigenvalue weighted by atomic mass is 10.2. The minimum absolute atomic E-state index is 0.414. The van der Waals surface area contributed by atoms with Gasteiger partial charge < -0.3 is 11.5 Å². The lowest BCUT2D eigenvalue weighted by Crippen LogP contribution is -1.98. The molecule has 0 atom stereocenters. The van der Waals surface area contributed by atoms with E-state index in [1.807, 2.05) is 13.0 Å². The summed E-state index contributed by atoms with van der Waals surface area (Å²) in [5.74, 6) is 0.414. The standard InChI is InChI=1S/C7H11N3/c1-2-5-3-6(8)7(9)10-4-5/h3-4H,2,8H2,1H3,(H2,9,10). The van der Waals surface area contributed by atoms with E-state index in [2.05, 4.69) is 4.98 Å². The van der Waals surface area contributed by atoms with Crippen LogP contribution in [-0.2, 0) is 6.42 Å². The van der Waals surface area contributed by atoms with Gasteiger partial charge in [-0.05, 0) is 18.1 Å². The van der Waals surface area contributed by atoms with Crippen LogP contribution in [0.4, 0.5) is 11.5 Å². The molecule has 0 aliphatic rings. The summed E-state index contributed by atoms with van der Waals surface area (Å²) >= 11 is 0. The average Bonchev–Trinajstić information content (AvgIpc) is 1.95. The van der Waals surface area contributed by atoms with Gasteiger partial charge in [0, 0.05) is 6.20 Å². The number of rotatable bonds is 1. The maximum atomic E-state index is 5.51. The van der Waals surface area contributed by atoms with Crippen LogP contribution < -0.4 is 11.5 Å². The van der Waals surface area contributed by atoms with Gasteiger partial charge in [0.1, 0.15) is 5.82 Å². The van der Waals surface area contributed by atoms with Crippen LogP contribution in [0.5, 0.6) is 0 Å². The van der Waals surface area contributed by atoms with Crippen LogP contribution >= 0.6 is 0 Å². The van der Waals surface area contributed by atoms with E-state index in [4.69, 9.17) is 11.5 Å². The van der Waals surface area contributed by atoms with E-state index in [0.29, 0.717) is 11.5 Å². The number of pyridine rings is 1. The fourth-order valence-electron chi connectivity index (χ4n) is 0.731. The Morgan fingerprint density at radius 1 is 1.50 bits per heavy atom. The molecule has 1 heterocycles. The molecule has 3 heteroatoms. The topological polar surface area (TPSA) is 64.9 Å². The highest BCUT2D eigenvalue weighted by Gasteiger charge is 1.94. The fraction of sp³-hybridized carbons (Fsp3) is 0.286. The van der Waals surface area contributed by atoms with Crippen LogP contribution in [0, 0.1) is 0 Å². The molecular weight excluding hydrogens is 126 g/mol. The Morgan fingerprint density at radius 2 is 2.20 bits per heavy atom. The number of nitrogen functional groups attached to an aromatic ring is 2. The van der Waals surface area contributed by atoms with Crippen LogP contribution in [0.1, 0.15) is 12.5 Å². The Balaban J connectivity index is 3.04. The number of hydrogen-bond donors (Lipinski definition) is 2. The second kappa shape index (κ2) is 2.56. The monoisotopic (exact) mass is 137 g/mol. The first kappa shape index (κ1) is 6.86. The molecule has 0 fully saturated rings. The first-order valence-electron chi connectivity index (χ1n) is 3.24. The van der Waals surface area contributed by atoms with Gasteiger partial charge in [0.05, 0.1) is 5.69 Å². The van der Waals surface area contributed by atoms with Gasteiger partial charge in [-0.25, -0.2) is 4.98 Å². The molecule has 1 aromatic rings. The quantitative estimate of drug-likeness (QED) is 0.602. The molecule has 0 unspecified atom stereocenters. The molecule has 0 saturated carbocycles. The van der Waals surface area contributed by atoms with E-state index in [0.717, 1.165) is 12.0 Å². The summed E-state index contributed by atoms with van der Waals surface area (Å²) in [6.45, 7) is 2.05. The molecule has 0 radical (unpaired) electrons. The van der Waals surface area contributed by atoms with Gasteiger partial charge in [-0.1, -0.05) is 6.92 Å². The Labute approximate surface area is 60.1 Å². The van der Waals surface area contributed by atoms with Crippen molar-refractivity contribution < 1.29 is 0 Å². The lowest BCUT2D eigenvalue weighted by Gasteiger charge is -1.99. The van der Waals surface area contributed by atoms with Gasteiger partial charge >= 0.3 is 0 Å². The summed E-state index contributed by atoms with van der Waals surface area (Å²) in [7, 11) is 0. The van der Waals surface area contributed by atoms with Crippen molar-refractivity contribution in [3.8, 4) is 0 Å². The van der Waals surface area contributed by atoms with Gasteiger partial charge in [-0.3, -0.25) is 0 Å². The molecule has 0 aromatic carbocycles. The van der Waals surface area contributed by atoms with Crippen molar-refractivity contribution in [1.29, 1.82) is 0 Å². The number of hydrogen-bond acceptors (Lipinski definition) is 3. The number of anilines is 2. The van der Waals surface area contributed by atoms with Crippen LogP contribution in [-0.4, -0.2) is 4.98 Å². The molecule has 54 valence electrons. The third-order valence-corrected chi connectivity index (χ3v) is 1.41. The fourth-order valence-corrected chi connectivity index (χ4v) is 0.731. The lowest BCUT2D eigenvalue weighted by molar-refractivity contribution is 1.11. The van der Waals surface area contributed by atoms with Crippen LogP contribution in [0.15, 0.2) is 12.3 Å². The summed E-state index contributed by atoms with van der Waals surface area (Å²) in [5.41, 5.74) is 12.6. The molecule has 10 heavy (non-hydrogen) atoms. The Morgan fingerprint density at radius 3 is 2.70 bits per heavy atom. The van der Waals surface area contributed by atoms with Crippen molar-refractivity contribution in [2.75, 3.05) is 11.5 Å². The second-order valence-corrected chi connectivity index (χ2v) is 2.17. The predicted octanol–water partition coefficient (Wildman–Crippen LogP) is 0.808. The summed E-state index contributed by atoms with van der Waals surface area (Å²) in [4.78, 5) is 3.90. The van der Waals surface area contributed by atoms with Crippen molar-refractivity contribution >= 4 is 11.5 Å².